The Balaban J connectivity index is 2.01. The van der Waals surface area contributed by atoms with Crippen molar-refractivity contribution in [2.75, 3.05) is 0 Å². The molecule has 0 aliphatic carbocycles. The van der Waals surface area contributed by atoms with Gasteiger partial charge in [0.25, 0.3) is 6.04 Å². The standard InChI is InChI=1S/C22H29NO4/c1-2-3-4-11-16-21(23(24)25)22(26-17-19-12-7-5-8-13-19)27-18-20-14-9-6-10-15-20/h5-10,12-15,21-22H,2-4,11,16-18H2,1H3. The number of benzene rings is 2. The van der Waals surface area contributed by atoms with Crippen LogP contribution in [0.4, 0.5) is 0 Å². The number of hydrogen-bond acceptors (Lipinski definition) is 4. The summed E-state index contributed by atoms with van der Waals surface area (Å²) in [6, 6.07) is 18.5. The Labute approximate surface area is 161 Å². The molecule has 0 aliphatic rings. The van der Waals surface area contributed by atoms with Crippen LogP contribution in [0.1, 0.15) is 50.2 Å². The lowest BCUT2D eigenvalue weighted by molar-refractivity contribution is -0.551. The Hall–Kier alpha value is -2.24. The molecular weight excluding hydrogens is 342 g/mol. The fourth-order valence-corrected chi connectivity index (χ4v) is 2.90. The first kappa shape index (κ1) is 21.1. The summed E-state index contributed by atoms with van der Waals surface area (Å²) in [6.07, 6.45) is 3.57. The van der Waals surface area contributed by atoms with E-state index in [4.69, 9.17) is 9.47 Å². The maximum absolute atomic E-state index is 11.7. The van der Waals surface area contributed by atoms with E-state index in [0.29, 0.717) is 19.6 Å². The third kappa shape index (κ3) is 7.89. The summed E-state index contributed by atoms with van der Waals surface area (Å²) in [5, 5.41) is 11.7. The van der Waals surface area contributed by atoms with Crippen molar-refractivity contribution in [3.8, 4) is 0 Å². The second kappa shape index (κ2) is 12.2. The van der Waals surface area contributed by atoms with Crippen LogP contribution < -0.4 is 0 Å². The van der Waals surface area contributed by atoms with Gasteiger partial charge in [-0.1, -0.05) is 86.8 Å². The molecule has 2 aromatic rings. The van der Waals surface area contributed by atoms with E-state index in [2.05, 4.69) is 6.92 Å². The molecule has 0 bridgehead atoms. The van der Waals surface area contributed by atoms with E-state index in [1.165, 1.54) is 0 Å². The first-order valence-electron chi connectivity index (χ1n) is 9.65. The molecule has 0 saturated heterocycles. The van der Waals surface area contributed by atoms with Gasteiger partial charge < -0.3 is 9.47 Å². The van der Waals surface area contributed by atoms with Crippen molar-refractivity contribution in [1.29, 1.82) is 0 Å². The topological polar surface area (TPSA) is 61.6 Å². The molecule has 146 valence electrons. The van der Waals surface area contributed by atoms with Gasteiger partial charge in [0.15, 0.2) is 0 Å². The molecular formula is C22H29NO4. The lowest BCUT2D eigenvalue weighted by Gasteiger charge is -2.22. The van der Waals surface area contributed by atoms with E-state index < -0.39 is 12.3 Å². The highest BCUT2D eigenvalue weighted by atomic mass is 16.7. The molecule has 0 N–H and O–H groups in total. The van der Waals surface area contributed by atoms with Crippen LogP contribution in [0, 0.1) is 10.1 Å². The Kier molecular flexibility index (Phi) is 9.52. The van der Waals surface area contributed by atoms with Crippen LogP contribution in [0.2, 0.25) is 0 Å². The van der Waals surface area contributed by atoms with Gasteiger partial charge in [-0.3, -0.25) is 10.1 Å². The molecule has 2 aromatic carbocycles. The zero-order chi connectivity index (χ0) is 19.3. The average Bonchev–Trinajstić information content (AvgIpc) is 2.70. The monoisotopic (exact) mass is 371 g/mol. The van der Waals surface area contributed by atoms with Gasteiger partial charge in [0.05, 0.1) is 13.2 Å². The van der Waals surface area contributed by atoms with Gasteiger partial charge in [-0.25, -0.2) is 0 Å². The molecule has 5 heteroatoms. The van der Waals surface area contributed by atoms with Gasteiger partial charge in [-0.2, -0.15) is 0 Å². The van der Waals surface area contributed by atoms with Crippen molar-refractivity contribution in [2.45, 2.75) is 64.6 Å². The molecule has 0 aliphatic heterocycles. The Morgan fingerprint density at radius 3 is 1.81 bits per heavy atom. The van der Waals surface area contributed by atoms with Crippen molar-refractivity contribution < 1.29 is 14.4 Å². The fourth-order valence-electron chi connectivity index (χ4n) is 2.90. The predicted octanol–water partition coefficient (Wildman–Crippen LogP) is 5.36. The molecule has 0 spiro atoms. The molecule has 0 heterocycles. The molecule has 0 aromatic heterocycles. The van der Waals surface area contributed by atoms with E-state index >= 15 is 0 Å². The van der Waals surface area contributed by atoms with Crippen LogP contribution >= 0.6 is 0 Å². The van der Waals surface area contributed by atoms with Gasteiger partial charge in [-0.05, 0) is 17.5 Å². The van der Waals surface area contributed by atoms with Crippen molar-refractivity contribution in [3.63, 3.8) is 0 Å². The highest BCUT2D eigenvalue weighted by Crippen LogP contribution is 2.18. The second-order valence-electron chi connectivity index (χ2n) is 6.66. The predicted molar refractivity (Wildman–Crippen MR) is 106 cm³/mol. The number of nitro groups is 1. The minimum absolute atomic E-state index is 0.257. The van der Waals surface area contributed by atoms with Crippen molar-refractivity contribution in [2.24, 2.45) is 0 Å². The zero-order valence-corrected chi connectivity index (χ0v) is 16.0. The number of hydrogen-bond donors (Lipinski definition) is 0. The highest BCUT2D eigenvalue weighted by Gasteiger charge is 2.33. The van der Waals surface area contributed by atoms with Crippen LogP contribution in [0.25, 0.3) is 0 Å². The SMILES string of the molecule is CCCCCCC(C(OCc1ccccc1)OCc1ccccc1)[N+](=O)[O-]. The second-order valence-corrected chi connectivity index (χ2v) is 6.66. The molecule has 0 radical (unpaired) electrons. The Morgan fingerprint density at radius 1 is 0.852 bits per heavy atom. The summed E-state index contributed by atoms with van der Waals surface area (Å²) in [5.74, 6) is 0. The van der Waals surface area contributed by atoms with Crippen LogP contribution in [0.5, 0.6) is 0 Å². The van der Waals surface area contributed by atoms with E-state index in [0.717, 1.165) is 36.8 Å². The van der Waals surface area contributed by atoms with E-state index in [-0.39, 0.29) is 4.92 Å². The highest BCUT2D eigenvalue weighted by molar-refractivity contribution is 5.14. The van der Waals surface area contributed by atoms with Crippen LogP contribution in [0.15, 0.2) is 60.7 Å². The van der Waals surface area contributed by atoms with E-state index in [1.807, 2.05) is 60.7 Å². The number of rotatable bonds is 13. The maximum atomic E-state index is 11.7. The molecule has 0 saturated carbocycles. The summed E-state index contributed by atoms with van der Waals surface area (Å²) < 4.78 is 11.7. The Bertz CT molecular complexity index is 604. The first-order chi connectivity index (χ1) is 13.2. The van der Waals surface area contributed by atoms with E-state index in [9.17, 15) is 10.1 Å². The lowest BCUT2D eigenvalue weighted by atomic mass is 10.1. The molecule has 0 fully saturated rings. The lowest BCUT2D eigenvalue weighted by Crippen LogP contribution is -2.38. The van der Waals surface area contributed by atoms with Crippen molar-refractivity contribution in [1.82, 2.24) is 0 Å². The van der Waals surface area contributed by atoms with Crippen molar-refractivity contribution in [3.05, 3.63) is 81.9 Å². The molecule has 1 unspecified atom stereocenters. The van der Waals surface area contributed by atoms with Gasteiger partial charge in [0.1, 0.15) is 0 Å². The first-order valence-corrected chi connectivity index (χ1v) is 9.65. The summed E-state index contributed by atoms with van der Waals surface area (Å²) in [7, 11) is 0. The Morgan fingerprint density at radius 2 is 1.37 bits per heavy atom. The third-order valence-electron chi connectivity index (χ3n) is 4.45. The van der Waals surface area contributed by atoms with Crippen molar-refractivity contribution >= 4 is 0 Å². The number of unbranched alkanes of at least 4 members (excludes halogenated alkanes) is 3. The summed E-state index contributed by atoms with van der Waals surface area (Å²) in [4.78, 5) is 11.4. The molecule has 2 rings (SSSR count). The normalized spacial score (nSPS) is 12.2. The minimum Gasteiger partial charge on any atom is -0.342 e. The van der Waals surface area contributed by atoms with Gasteiger partial charge in [0, 0.05) is 11.3 Å². The number of ether oxygens (including phenoxy) is 2. The largest absolute Gasteiger partial charge is 0.342 e. The van der Waals surface area contributed by atoms with E-state index in [1.54, 1.807) is 0 Å². The summed E-state index contributed by atoms with van der Waals surface area (Å²) in [6.45, 7) is 2.71. The maximum Gasteiger partial charge on any atom is 0.263 e. The fraction of sp³-hybridized carbons (Fsp3) is 0.455. The molecule has 27 heavy (non-hydrogen) atoms. The third-order valence-corrected chi connectivity index (χ3v) is 4.45. The number of nitrogens with zero attached hydrogens (tertiary/aromatic N) is 1. The van der Waals surface area contributed by atoms with Crippen LogP contribution in [-0.2, 0) is 22.7 Å². The van der Waals surface area contributed by atoms with Crippen LogP contribution in [-0.4, -0.2) is 17.3 Å². The summed E-state index contributed by atoms with van der Waals surface area (Å²) in [5.41, 5.74) is 1.94. The van der Waals surface area contributed by atoms with Gasteiger partial charge >= 0.3 is 0 Å². The summed E-state index contributed by atoms with van der Waals surface area (Å²) >= 11 is 0. The average molecular weight is 371 g/mol. The van der Waals surface area contributed by atoms with Gasteiger partial charge in [-0.15, -0.1) is 0 Å². The molecule has 0 amide bonds. The molecule has 1 atom stereocenters. The minimum atomic E-state index is -0.873. The zero-order valence-electron chi connectivity index (χ0n) is 16.0. The quantitative estimate of drug-likeness (QED) is 0.206. The smallest absolute Gasteiger partial charge is 0.263 e. The van der Waals surface area contributed by atoms with Crippen LogP contribution in [0.3, 0.4) is 0 Å². The molecule has 5 nitrogen and oxygen atoms in total. The van der Waals surface area contributed by atoms with Gasteiger partial charge in [0.2, 0.25) is 6.29 Å².